The molecular formula is C24H31N3O6S. The predicted molar refractivity (Wildman–Crippen MR) is 127 cm³/mol. The van der Waals surface area contributed by atoms with Crippen LogP contribution < -0.4 is 14.8 Å². The van der Waals surface area contributed by atoms with E-state index in [1.807, 2.05) is 25.1 Å². The lowest BCUT2D eigenvalue weighted by Gasteiger charge is -2.46. The lowest BCUT2D eigenvalue weighted by Crippen LogP contribution is -2.69. The molecule has 1 saturated heterocycles. The minimum absolute atomic E-state index is 0.0295. The van der Waals surface area contributed by atoms with Crippen molar-refractivity contribution in [3.8, 4) is 11.5 Å². The third-order valence-electron chi connectivity index (χ3n) is 5.96. The Labute approximate surface area is 200 Å². The fraction of sp³-hybridized carbons (Fsp3) is 0.417. The van der Waals surface area contributed by atoms with Crippen LogP contribution in [0.1, 0.15) is 25.8 Å². The second-order valence-electron chi connectivity index (χ2n) is 8.26. The standard InChI is InChI=1S/C24H31N3O6S/c1-5-14-27-22(28)16-26(34(30,31)20-12-10-19(32-3)11-13-20)17-24(27,2)23(29)25-15-18-8-6-7-9-21(18)33-4/h6-13H,5,14-17H2,1-4H3,(H,25,29). The average Bonchev–Trinajstić information content (AvgIpc) is 2.84. The van der Waals surface area contributed by atoms with E-state index in [1.54, 1.807) is 32.2 Å². The van der Waals surface area contributed by atoms with Crippen molar-refractivity contribution in [1.82, 2.24) is 14.5 Å². The van der Waals surface area contributed by atoms with E-state index in [1.165, 1.54) is 24.1 Å². The SMILES string of the molecule is CCCN1C(=O)CN(S(=O)(=O)c2ccc(OC)cc2)CC1(C)C(=O)NCc1ccccc1OC. The van der Waals surface area contributed by atoms with E-state index in [0.29, 0.717) is 24.5 Å². The highest BCUT2D eigenvalue weighted by Gasteiger charge is 2.50. The fourth-order valence-electron chi connectivity index (χ4n) is 4.07. The number of sulfonamides is 1. The Bertz CT molecular complexity index is 1140. The number of piperazine rings is 1. The Morgan fingerprint density at radius 2 is 1.76 bits per heavy atom. The second-order valence-corrected chi connectivity index (χ2v) is 10.2. The second kappa shape index (κ2) is 10.4. The molecule has 1 aliphatic rings. The first kappa shape index (κ1) is 25.5. The summed E-state index contributed by atoms with van der Waals surface area (Å²) >= 11 is 0. The monoisotopic (exact) mass is 489 g/mol. The van der Waals surface area contributed by atoms with Crippen LogP contribution in [0.3, 0.4) is 0 Å². The normalized spacial score (nSPS) is 19.1. The molecule has 0 bridgehead atoms. The summed E-state index contributed by atoms with van der Waals surface area (Å²) in [6.07, 6.45) is 0.631. The minimum atomic E-state index is -4.01. The van der Waals surface area contributed by atoms with Crippen LogP contribution in [-0.4, -0.2) is 68.8 Å². The molecule has 1 fully saturated rings. The summed E-state index contributed by atoms with van der Waals surface area (Å²) < 4.78 is 38.2. The zero-order chi connectivity index (χ0) is 24.9. The van der Waals surface area contributed by atoms with Gasteiger partial charge in [0.15, 0.2) is 0 Å². The van der Waals surface area contributed by atoms with E-state index in [9.17, 15) is 18.0 Å². The molecule has 0 saturated carbocycles. The fourth-order valence-corrected chi connectivity index (χ4v) is 5.55. The summed E-state index contributed by atoms with van der Waals surface area (Å²) in [7, 11) is -0.972. The molecule has 1 aliphatic heterocycles. The third kappa shape index (κ3) is 5.02. The van der Waals surface area contributed by atoms with Gasteiger partial charge in [0.25, 0.3) is 0 Å². The van der Waals surface area contributed by atoms with E-state index in [0.717, 1.165) is 9.87 Å². The van der Waals surface area contributed by atoms with Crippen molar-refractivity contribution < 1.29 is 27.5 Å². The molecular weight excluding hydrogens is 458 g/mol. The lowest BCUT2D eigenvalue weighted by atomic mass is 9.95. The number of nitrogens with zero attached hydrogens (tertiary/aromatic N) is 2. The van der Waals surface area contributed by atoms with Gasteiger partial charge in [-0.15, -0.1) is 0 Å². The molecule has 34 heavy (non-hydrogen) atoms. The van der Waals surface area contributed by atoms with Crippen molar-refractivity contribution in [1.29, 1.82) is 0 Å². The van der Waals surface area contributed by atoms with Crippen LogP contribution >= 0.6 is 0 Å². The number of rotatable bonds is 9. The molecule has 0 aromatic heterocycles. The Balaban J connectivity index is 1.88. The number of carbonyl (C=O) groups excluding carboxylic acids is 2. The molecule has 1 atom stereocenters. The first-order chi connectivity index (χ1) is 16.2. The van der Waals surface area contributed by atoms with E-state index >= 15 is 0 Å². The molecule has 1 N–H and O–H groups in total. The van der Waals surface area contributed by atoms with Crippen molar-refractivity contribution in [3.05, 3.63) is 54.1 Å². The molecule has 2 aromatic carbocycles. The molecule has 9 nitrogen and oxygen atoms in total. The Morgan fingerprint density at radius 1 is 1.09 bits per heavy atom. The number of para-hydroxylation sites is 1. The number of carbonyl (C=O) groups is 2. The maximum Gasteiger partial charge on any atom is 0.247 e. The molecule has 0 spiro atoms. The number of nitrogens with one attached hydrogen (secondary N) is 1. The van der Waals surface area contributed by atoms with Crippen LogP contribution in [-0.2, 0) is 26.2 Å². The number of ether oxygens (including phenoxy) is 2. The zero-order valence-corrected chi connectivity index (χ0v) is 20.7. The van der Waals surface area contributed by atoms with E-state index in [-0.39, 0.29) is 24.5 Å². The van der Waals surface area contributed by atoms with Gasteiger partial charge >= 0.3 is 0 Å². The average molecular weight is 490 g/mol. The molecule has 2 amide bonds. The smallest absolute Gasteiger partial charge is 0.247 e. The quantitative estimate of drug-likeness (QED) is 0.578. The molecule has 1 heterocycles. The highest BCUT2D eigenvalue weighted by atomic mass is 32.2. The van der Waals surface area contributed by atoms with Gasteiger partial charge in [0.2, 0.25) is 21.8 Å². The topological polar surface area (TPSA) is 105 Å². The third-order valence-corrected chi connectivity index (χ3v) is 7.76. The predicted octanol–water partition coefficient (Wildman–Crippen LogP) is 2.02. The molecule has 0 radical (unpaired) electrons. The van der Waals surface area contributed by atoms with Gasteiger partial charge in [-0.1, -0.05) is 25.1 Å². The number of amides is 2. The summed E-state index contributed by atoms with van der Waals surface area (Å²) in [5.74, 6) is 0.292. The maximum absolute atomic E-state index is 13.4. The van der Waals surface area contributed by atoms with Gasteiger partial charge in [-0.05, 0) is 43.7 Å². The Morgan fingerprint density at radius 3 is 2.38 bits per heavy atom. The van der Waals surface area contributed by atoms with Crippen molar-refractivity contribution in [2.24, 2.45) is 0 Å². The number of hydrogen-bond donors (Lipinski definition) is 1. The summed E-state index contributed by atoms with van der Waals surface area (Å²) in [6, 6.07) is 13.2. The Hall–Kier alpha value is -3.11. The van der Waals surface area contributed by atoms with Crippen molar-refractivity contribution in [2.45, 2.75) is 37.2 Å². The lowest BCUT2D eigenvalue weighted by molar-refractivity contribution is -0.152. The van der Waals surface area contributed by atoms with E-state index in [4.69, 9.17) is 9.47 Å². The van der Waals surface area contributed by atoms with Gasteiger partial charge in [-0.3, -0.25) is 9.59 Å². The van der Waals surface area contributed by atoms with Gasteiger partial charge in [-0.25, -0.2) is 8.42 Å². The summed E-state index contributed by atoms with van der Waals surface area (Å²) in [5.41, 5.74) is -0.610. The highest BCUT2D eigenvalue weighted by Crippen LogP contribution is 2.29. The van der Waals surface area contributed by atoms with Crippen LogP contribution in [0.5, 0.6) is 11.5 Å². The summed E-state index contributed by atoms with van der Waals surface area (Å²) in [5, 5.41) is 2.87. The van der Waals surface area contributed by atoms with Crippen molar-refractivity contribution >= 4 is 21.8 Å². The Kier molecular flexibility index (Phi) is 7.83. The van der Waals surface area contributed by atoms with Crippen LogP contribution in [0.4, 0.5) is 0 Å². The van der Waals surface area contributed by atoms with E-state index in [2.05, 4.69) is 5.32 Å². The molecule has 184 valence electrons. The van der Waals surface area contributed by atoms with Gasteiger partial charge in [0, 0.05) is 25.2 Å². The maximum atomic E-state index is 13.4. The molecule has 2 aromatic rings. The van der Waals surface area contributed by atoms with Gasteiger partial charge in [0.05, 0.1) is 25.7 Å². The number of benzene rings is 2. The van der Waals surface area contributed by atoms with Crippen LogP contribution in [0.25, 0.3) is 0 Å². The largest absolute Gasteiger partial charge is 0.497 e. The first-order valence-corrected chi connectivity index (χ1v) is 12.5. The summed E-state index contributed by atoms with van der Waals surface area (Å²) in [4.78, 5) is 28.0. The summed E-state index contributed by atoms with van der Waals surface area (Å²) in [6.45, 7) is 3.54. The van der Waals surface area contributed by atoms with E-state index < -0.39 is 27.4 Å². The van der Waals surface area contributed by atoms with Crippen LogP contribution in [0, 0.1) is 0 Å². The first-order valence-electron chi connectivity index (χ1n) is 11.0. The highest BCUT2D eigenvalue weighted by molar-refractivity contribution is 7.89. The zero-order valence-electron chi connectivity index (χ0n) is 19.9. The molecule has 0 aliphatic carbocycles. The van der Waals surface area contributed by atoms with Gasteiger partial charge in [0.1, 0.15) is 17.0 Å². The van der Waals surface area contributed by atoms with Gasteiger partial charge in [-0.2, -0.15) is 4.31 Å². The van der Waals surface area contributed by atoms with Crippen molar-refractivity contribution in [2.75, 3.05) is 33.9 Å². The minimum Gasteiger partial charge on any atom is -0.497 e. The van der Waals surface area contributed by atoms with Crippen molar-refractivity contribution in [3.63, 3.8) is 0 Å². The van der Waals surface area contributed by atoms with Gasteiger partial charge < -0.3 is 19.7 Å². The molecule has 1 unspecified atom stereocenters. The molecule has 10 heteroatoms. The number of hydrogen-bond acceptors (Lipinski definition) is 6. The number of methoxy groups -OCH3 is 2. The van der Waals surface area contributed by atoms with Crippen LogP contribution in [0.15, 0.2) is 53.4 Å². The molecule has 3 rings (SSSR count). The van der Waals surface area contributed by atoms with Crippen LogP contribution in [0.2, 0.25) is 0 Å².